The molecule has 1 N–H and O–H groups in total. The van der Waals surface area contributed by atoms with Crippen LogP contribution in [0.2, 0.25) is 5.02 Å². The zero-order valence-corrected chi connectivity index (χ0v) is 12.8. The summed E-state index contributed by atoms with van der Waals surface area (Å²) in [5, 5.41) is 4.61. The highest BCUT2D eigenvalue weighted by Gasteiger charge is 2.00. The Kier molecular flexibility index (Phi) is 6.24. The zero-order chi connectivity index (χ0) is 14.9. The summed E-state index contributed by atoms with van der Waals surface area (Å²) in [4.78, 5) is 15.5. The van der Waals surface area contributed by atoms with E-state index in [0.717, 1.165) is 16.9 Å². The number of hydrazone groups is 1. The molecule has 0 bridgehead atoms. The Morgan fingerprint density at radius 1 is 1.24 bits per heavy atom. The molecule has 2 rings (SSSR count). The van der Waals surface area contributed by atoms with Crippen molar-refractivity contribution in [3.05, 3.63) is 64.9 Å². The van der Waals surface area contributed by atoms with Gasteiger partial charge in [0.15, 0.2) is 0 Å². The van der Waals surface area contributed by atoms with Gasteiger partial charge >= 0.3 is 0 Å². The molecule has 21 heavy (non-hydrogen) atoms. The van der Waals surface area contributed by atoms with E-state index in [2.05, 4.69) is 15.5 Å². The molecule has 2 aromatic rings. The Morgan fingerprint density at radius 2 is 1.95 bits per heavy atom. The topological polar surface area (TPSA) is 54.4 Å². The second-order valence-electron chi connectivity index (χ2n) is 4.19. The third-order valence-electron chi connectivity index (χ3n) is 2.52. The van der Waals surface area contributed by atoms with Crippen LogP contribution in [0.15, 0.2) is 53.9 Å². The van der Waals surface area contributed by atoms with Crippen molar-refractivity contribution in [2.75, 3.05) is 5.75 Å². The first kappa shape index (κ1) is 15.5. The van der Waals surface area contributed by atoms with Gasteiger partial charge in [-0.2, -0.15) is 5.10 Å². The van der Waals surface area contributed by atoms with Crippen LogP contribution in [0.5, 0.6) is 0 Å². The van der Waals surface area contributed by atoms with Crippen molar-refractivity contribution >= 4 is 35.5 Å². The lowest BCUT2D eigenvalue weighted by molar-refractivity contribution is -0.118. The van der Waals surface area contributed by atoms with Crippen LogP contribution >= 0.6 is 23.4 Å². The molecule has 1 heterocycles. The van der Waals surface area contributed by atoms with E-state index >= 15 is 0 Å². The summed E-state index contributed by atoms with van der Waals surface area (Å²) in [6.07, 6.45) is 4.93. The van der Waals surface area contributed by atoms with E-state index < -0.39 is 0 Å². The second kappa shape index (κ2) is 8.44. The van der Waals surface area contributed by atoms with Crippen molar-refractivity contribution < 1.29 is 4.79 Å². The number of nitrogens with zero attached hydrogens (tertiary/aromatic N) is 2. The Balaban J connectivity index is 1.68. The van der Waals surface area contributed by atoms with Gasteiger partial charge in [0.05, 0.1) is 12.0 Å². The van der Waals surface area contributed by atoms with Gasteiger partial charge in [-0.05, 0) is 35.4 Å². The quantitative estimate of drug-likeness (QED) is 0.657. The van der Waals surface area contributed by atoms with Gasteiger partial charge in [0.2, 0.25) is 5.91 Å². The van der Waals surface area contributed by atoms with Gasteiger partial charge in [-0.25, -0.2) is 5.43 Å². The van der Waals surface area contributed by atoms with E-state index in [-0.39, 0.29) is 5.91 Å². The first-order valence-corrected chi connectivity index (χ1v) is 7.81. The van der Waals surface area contributed by atoms with Crippen molar-refractivity contribution in [1.29, 1.82) is 0 Å². The minimum Gasteiger partial charge on any atom is -0.272 e. The summed E-state index contributed by atoms with van der Waals surface area (Å²) in [6.45, 7) is 0. The van der Waals surface area contributed by atoms with Crippen molar-refractivity contribution in [3.8, 4) is 0 Å². The minimum atomic E-state index is -0.126. The predicted molar refractivity (Wildman–Crippen MR) is 87.6 cm³/mol. The normalized spacial score (nSPS) is 10.7. The molecule has 0 aliphatic rings. The van der Waals surface area contributed by atoms with Crippen LogP contribution in [-0.4, -0.2) is 22.9 Å². The largest absolute Gasteiger partial charge is 0.272 e. The second-order valence-corrected chi connectivity index (χ2v) is 5.62. The molecule has 0 saturated carbocycles. The highest BCUT2D eigenvalue weighted by atomic mass is 35.5. The maximum absolute atomic E-state index is 11.6. The Bertz CT molecular complexity index is 602. The molecule has 0 atom stereocenters. The number of carbonyl (C=O) groups is 1. The van der Waals surface area contributed by atoms with Gasteiger partial charge < -0.3 is 0 Å². The Morgan fingerprint density at radius 3 is 2.67 bits per heavy atom. The van der Waals surface area contributed by atoms with E-state index in [1.165, 1.54) is 11.8 Å². The van der Waals surface area contributed by atoms with Crippen LogP contribution in [0.4, 0.5) is 0 Å². The fraction of sp³-hybridized carbons (Fsp3) is 0.133. The van der Waals surface area contributed by atoms with E-state index in [9.17, 15) is 4.79 Å². The number of halogens is 1. The average Bonchev–Trinajstić information content (AvgIpc) is 2.50. The zero-order valence-electron chi connectivity index (χ0n) is 11.2. The van der Waals surface area contributed by atoms with Gasteiger partial charge in [-0.1, -0.05) is 23.7 Å². The highest BCUT2D eigenvalue weighted by molar-refractivity contribution is 7.99. The van der Waals surface area contributed by atoms with Crippen LogP contribution in [0.3, 0.4) is 0 Å². The van der Waals surface area contributed by atoms with Gasteiger partial charge in [0.25, 0.3) is 0 Å². The van der Waals surface area contributed by atoms with Crippen molar-refractivity contribution in [2.45, 2.75) is 5.75 Å². The van der Waals surface area contributed by atoms with Crippen LogP contribution < -0.4 is 5.43 Å². The van der Waals surface area contributed by atoms with Crippen LogP contribution in [0.1, 0.15) is 11.1 Å². The fourth-order valence-electron chi connectivity index (χ4n) is 1.50. The average molecular weight is 320 g/mol. The van der Waals surface area contributed by atoms with Gasteiger partial charge in [-0.15, -0.1) is 11.8 Å². The lowest BCUT2D eigenvalue weighted by Crippen LogP contribution is -2.19. The van der Waals surface area contributed by atoms with Crippen molar-refractivity contribution in [2.24, 2.45) is 5.10 Å². The monoisotopic (exact) mass is 319 g/mol. The third-order valence-corrected chi connectivity index (χ3v) is 3.78. The first-order valence-electron chi connectivity index (χ1n) is 6.28. The van der Waals surface area contributed by atoms with Crippen LogP contribution in [-0.2, 0) is 10.5 Å². The Hall–Kier alpha value is -1.85. The van der Waals surface area contributed by atoms with E-state index in [1.807, 2.05) is 36.4 Å². The standard InChI is InChI=1S/C15H14ClN3OS/c16-14-3-1-13(2-4-14)10-21-11-15(20)19-18-9-12-5-7-17-8-6-12/h1-9H,10-11H2,(H,19,20)/b18-9-. The highest BCUT2D eigenvalue weighted by Crippen LogP contribution is 2.15. The van der Waals surface area contributed by atoms with E-state index in [4.69, 9.17) is 11.6 Å². The molecule has 0 aliphatic heterocycles. The summed E-state index contributed by atoms with van der Waals surface area (Å²) >= 11 is 7.34. The number of hydrogen-bond acceptors (Lipinski definition) is 4. The van der Waals surface area contributed by atoms with Crippen molar-refractivity contribution in [1.82, 2.24) is 10.4 Å². The van der Waals surface area contributed by atoms with E-state index in [1.54, 1.807) is 18.6 Å². The molecular weight excluding hydrogens is 306 g/mol. The first-order chi connectivity index (χ1) is 10.2. The maximum Gasteiger partial charge on any atom is 0.250 e. The summed E-state index contributed by atoms with van der Waals surface area (Å²) in [6, 6.07) is 11.2. The smallest absolute Gasteiger partial charge is 0.250 e. The molecule has 0 fully saturated rings. The molecule has 1 aromatic heterocycles. The molecule has 6 heteroatoms. The molecule has 0 spiro atoms. The lowest BCUT2D eigenvalue weighted by Gasteiger charge is -2.01. The number of benzene rings is 1. The van der Waals surface area contributed by atoms with E-state index in [0.29, 0.717) is 10.8 Å². The van der Waals surface area contributed by atoms with Gasteiger partial charge in [-0.3, -0.25) is 9.78 Å². The number of rotatable bonds is 6. The number of amides is 1. The number of carbonyl (C=O) groups excluding carboxylic acids is 1. The molecule has 0 radical (unpaired) electrons. The van der Waals surface area contributed by atoms with Gasteiger partial charge in [0.1, 0.15) is 0 Å². The lowest BCUT2D eigenvalue weighted by atomic mass is 10.2. The summed E-state index contributed by atoms with van der Waals surface area (Å²) in [5.74, 6) is 0.994. The van der Waals surface area contributed by atoms with Gasteiger partial charge in [0, 0.05) is 23.2 Å². The number of pyridine rings is 1. The minimum absolute atomic E-state index is 0.126. The number of nitrogens with one attached hydrogen (secondary N) is 1. The Labute approximate surface area is 132 Å². The van der Waals surface area contributed by atoms with Crippen LogP contribution in [0, 0.1) is 0 Å². The summed E-state index contributed by atoms with van der Waals surface area (Å²) in [7, 11) is 0. The molecule has 0 unspecified atom stereocenters. The number of hydrogen-bond donors (Lipinski definition) is 1. The predicted octanol–water partition coefficient (Wildman–Crippen LogP) is 3.12. The third kappa shape index (κ3) is 5.97. The molecule has 1 amide bonds. The summed E-state index contributed by atoms with van der Waals surface area (Å²) < 4.78 is 0. The number of aromatic nitrogens is 1. The fourth-order valence-corrected chi connectivity index (χ4v) is 2.41. The summed E-state index contributed by atoms with van der Waals surface area (Å²) in [5.41, 5.74) is 4.52. The number of thioether (sulfide) groups is 1. The molecular formula is C15H14ClN3OS. The van der Waals surface area contributed by atoms with Crippen molar-refractivity contribution in [3.63, 3.8) is 0 Å². The molecule has 0 aliphatic carbocycles. The molecule has 1 aromatic carbocycles. The van der Waals surface area contributed by atoms with Crippen LogP contribution in [0.25, 0.3) is 0 Å². The SMILES string of the molecule is O=C(CSCc1ccc(Cl)cc1)N/N=C\c1ccncc1. The molecule has 4 nitrogen and oxygen atoms in total. The molecule has 108 valence electrons. The molecule has 0 saturated heterocycles. The maximum atomic E-state index is 11.6.